The van der Waals surface area contributed by atoms with Gasteiger partial charge in [0.25, 0.3) is 0 Å². The van der Waals surface area contributed by atoms with Gasteiger partial charge in [-0.3, -0.25) is 9.79 Å². The van der Waals surface area contributed by atoms with Crippen molar-refractivity contribution in [1.82, 2.24) is 4.90 Å². The summed E-state index contributed by atoms with van der Waals surface area (Å²) in [7, 11) is 3.85. The summed E-state index contributed by atoms with van der Waals surface area (Å²) in [5.74, 6) is 0.226. The standard InChI is InChI=1S/C16H27N3O/c1-10(2)15(18-11(3)4)14-13(17)8-7-12(16(14)20)9-19(5)6/h9-11H,7-8,17H2,1-6H3/b12-9+,18-15?. The highest BCUT2D eigenvalue weighted by atomic mass is 16.1. The maximum atomic E-state index is 12.7. The van der Waals surface area contributed by atoms with Crippen LogP contribution in [0.3, 0.4) is 0 Å². The van der Waals surface area contributed by atoms with Gasteiger partial charge in [-0.25, -0.2) is 0 Å². The predicted molar refractivity (Wildman–Crippen MR) is 84.6 cm³/mol. The molecule has 0 amide bonds. The topological polar surface area (TPSA) is 58.7 Å². The molecule has 0 fully saturated rings. The van der Waals surface area contributed by atoms with E-state index in [-0.39, 0.29) is 17.7 Å². The minimum atomic E-state index is 0.0375. The normalized spacial score (nSPS) is 19.5. The Hall–Kier alpha value is -1.58. The van der Waals surface area contributed by atoms with Crippen molar-refractivity contribution in [3.8, 4) is 0 Å². The molecule has 20 heavy (non-hydrogen) atoms. The molecule has 0 saturated carbocycles. The molecule has 0 bridgehead atoms. The molecule has 4 nitrogen and oxygen atoms in total. The summed E-state index contributed by atoms with van der Waals surface area (Å²) in [6, 6.07) is 0.156. The Kier molecular flexibility index (Phi) is 5.54. The molecule has 0 aromatic carbocycles. The number of aliphatic imine (C=N–C) groups is 1. The number of Topliss-reactive ketones (excluding diaryl/α,β-unsaturated/α-hetero) is 1. The SMILES string of the molecule is CC(C)N=C(C1=C(N)CC/C(=C\N(C)C)C1=O)C(C)C. The molecule has 0 heterocycles. The van der Waals surface area contributed by atoms with Gasteiger partial charge in [-0.2, -0.15) is 0 Å². The van der Waals surface area contributed by atoms with Crippen molar-refractivity contribution in [2.24, 2.45) is 16.6 Å². The lowest BCUT2D eigenvalue weighted by Gasteiger charge is -2.23. The summed E-state index contributed by atoms with van der Waals surface area (Å²) < 4.78 is 0. The van der Waals surface area contributed by atoms with Gasteiger partial charge >= 0.3 is 0 Å². The number of ketones is 1. The first-order chi connectivity index (χ1) is 9.23. The number of rotatable bonds is 4. The Balaban J connectivity index is 3.28. The van der Waals surface area contributed by atoms with Gasteiger partial charge < -0.3 is 10.6 Å². The monoisotopic (exact) mass is 277 g/mol. The number of carbonyl (C=O) groups excluding carboxylic acids is 1. The van der Waals surface area contributed by atoms with Crippen LogP contribution in [0, 0.1) is 5.92 Å². The molecule has 0 aromatic heterocycles. The van der Waals surface area contributed by atoms with Gasteiger partial charge in [-0.15, -0.1) is 0 Å². The van der Waals surface area contributed by atoms with Crippen molar-refractivity contribution in [3.63, 3.8) is 0 Å². The maximum absolute atomic E-state index is 12.7. The fourth-order valence-electron chi connectivity index (χ4n) is 2.31. The Bertz CT molecular complexity index is 468. The van der Waals surface area contributed by atoms with Gasteiger partial charge in [0.15, 0.2) is 5.78 Å². The number of nitrogens with zero attached hydrogens (tertiary/aromatic N) is 2. The molecule has 0 atom stereocenters. The van der Waals surface area contributed by atoms with Crippen LogP contribution in [0.25, 0.3) is 0 Å². The van der Waals surface area contributed by atoms with Crippen LogP contribution in [0.15, 0.2) is 28.0 Å². The summed E-state index contributed by atoms with van der Waals surface area (Å²) in [6.45, 7) is 8.14. The zero-order chi connectivity index (χ0) is 15.4. The van der Waals surface area contributed by atoms with Crippen LogP contribution >= 0.6 is 0 Å². The van der Waals surface area contributed by atoms with Crippen LogP contribution in [-0.4, -0.2) is 36.5 Å². The van der Waals surface area contributed by atoms with Gasteiger partial charge in [-0.1, -0.05) is 13.8 Å². The lowest BCUT2D eigenvalue weighted by atomic mass is 9.84. The van der Waals surface area contributed by atoms with Gasteiger partial charge in [0.1, 0.15) is 0 Å². The number of nitrogens with two attached hydrogens (primary N) is 1. The van der Waals surface area contributed by atoms with E-state index in [9.17, 15) is 4.79 Å². The number of carbonyl (C=O) groups is 1. The molecule has 1 rings (SSSR count). The summed E-state index contributed by atoms with van der Waals surface area (Å²) in [5, 5.41) is 0. The Morgan fingerprint density at radius 3 is 2.30 bits per heavy atom. The quantitative estimate of drug-likeness (QED) is 0.634. The van der Waals surface area contributed by atoms with Gasteiger partial charge in [0, 0.05) is 37.6 Å². The minimum absolute atomic E-state index is 0.0375. The summed E-state index contributed by atoms with van der Waals surface area (Å²) in [6.07, 6.45) is 3.33. The number of allylic oxidation sites excluding steroid dienone is 3. The fraction of sp³-hybridized carbons (Fsp3) is 0.625. The zero-order valence-corrected chi connectivity index (χ0v) is 13.5. The van der Waals surface area contributed by atoms with Crippen LogP contribution in [0.2, 0.25) is 0 Å². The van der Waals surface area contributed by atoms with E-state index in [1.807, 2.05) is 39.0 Å². The van der Waals surface area contributed by atoms with E-state index in [1.54, 1.807) is 0 Å². The van der Waals surface area contributed by atoms with Gasteiger partial charge in [0.2, 0.25) is 0 Å². The van der Waals surface area contributed by atoms with Crippen molar-refractivity contribution in [2.75, 3.05) is 14.1 Å². The van der Waals surface area contributed by atoms with Crippen LogP contribution in [-0.2, 0) is 4.79 Å². The third-order valence-corrected chi connectivity index (χ3v) is 3.12. The van der Waals surface area contributed by atoms with Crippen molar-refractivity contribution in [2.45, 2.75) is 46.6 Å². The molecule has 0 radical (unpaired) electrons. The Labute approximate surface area is 122 Å². The average molecular weight is 277 g/mol. The first-order valence-corrected chi connectivity index (χ1v) is 7.22. The molecule has 112 valence electrons. The Morgan fingerprint density at radius 2 is 1.85 bits per heavy atom. The molecule has 0 unspecified atom stereocenters. The van der Waals surface area contributed by atoms with Crippen molar-refractivity contribution in [3.05, 3.63) is 23.0 Å². The highest BCUT2D eigenvalue weighted by Crippen LogP contribution is 2.27. The average Bonchev–Trinajstić information content (AvgIpc) is 2.30. The molecular formula is C16H27N3O. The largest absolute Gasteiger partial charge is 0.401 e. The summed E-state index contributed by atoms with van der Waals surface area (Å²) >= 11 is 0. The summed E-state index contributed by atoms with van der Waals surface area (Å²) in [4.78, 5) is 19.2. The van der Waals surface area contributed by atoms with Crippen molar-refractivity contribution in [1.29, 1.82) is 0 Å². The lowest BCUT2D eigenvalue weighted by Crippen LogP contribution is -2.29. The molecule has 1 aliphatic rings. The third kappa shape index (κ3) is 3.95. The second kappa shape index (κ2) is 6.73. The number of hydrogen-bond donors (Lipinski definition) is 1. The van der Waals surface area contributed by atoms with Gasteiger partial charge in [0.05, 0.1) is 11.3 Å². The first kappa shape index (κ1) is 16.5. The highest BCUT2D eigenvalue weighted by Gasteiger charge is 2.28. The number of hydrogen-bond acceptors (Lipinski definition) is 4. The van der Waals surface area contributed by atoms with E-state index >= 15 is 0 Å². The molecule has 0 aliphatic heterocycles. The van der Waals surface area contributed by atoms with Gasteiger partial charge in [-0.05, 0) is 32.6 Å². The third-order valence-electron chi connectivity index (χ3n) is 3.12. The van der Waals surface area contributed by atoms with Crippen molar-refractivity contribution < 1.29 is 4.79 Å². The maximum Gasteiger partial charge on any atom is 0.194 e. The molecule has 0 saturated heterocycles. The van der Waals surface area contributed by atoms with E-state index in [2.05, 4.69) is 18.8 Å². The molecular weight excluding hydrogens is 250 g/mol. The highest BCUT2D eigenvalue weighted by molar-refractivity contribution is 6.29. The molecule has 0 aromatic rings. The van der Waals surface area contributed by atoms with Crippen LogP contribution in [0.1, 0.15) is 40.5 Å². The van der Waals surface area contributed by atoms with Crippen LogP contribution in [0.5, 0.6) is 0 Å². The minimum Gasteiger partial charge on any atom is -0.401 e. The second-order valence-electron chi connectivity index (χ2n) is 6.11. The molecule has 0 spiro atoms. The first-order valence-electron chi connectivity index (χ1n) is 7.22. The van der Waals surface area contributed by atoms with Crippen molar-refractivity contribution >= 4 is 11.5 Å². The van der Waals surface area contributed by atoms with E-state index in [1.165, 1.54) is 0 Å². The van der Waals surface area contributed by atoms with E-state index < -0.39 is 0 Å². The van der Waals surface area contributed by atoms with E-state index in [0.717, 1.165) is 17.7 Å². The molecule has 2 N–H and O–H groups in total. The van der Waals surface area contributed by atoms with Crippen LogP contribution < -0.4 is 5.73 Å². The van der Waals surface area contributed by atoms with E-state index in [4.69, 9.17) is 5.73 Å². The smallest absolute Gasteiger partial charge is 0.194 e. The Morgan fingerprint density at radius 1 is 1.25 bits per heavy atom. The predicted octanol–water partition coefficient (Wildman–Crippen LogP) is 2.51. The molecule has 1 aliphatic carbocycles. The van der Waals surface area contributed by atoms with E-state index in [0.29, 0.717) is 17.7 Å². The fourth-order valence-corrected chi connectivity index (χ4v) is 2.31. The second-order valence-corrected chi connectivity index (χ2v) is 6.11. The van der Waals surface area contributed by atoms with Crippen LogP contribution in [0.4, 0.5) is 0 Å². The summed E-state index contributed by atoms with van der Waals surface area (Å²) in [5.41, 5.74) is 9.08. The zero-order valence-electron chi connectivity index (χ0n) is 13.5. The molecule has 4 heteroatoms. The lowest BCUT2D eigenvalue weighted by molar-refractivity contribution is -0.112.